The van der Waals surface area contributed by atoms with Crippen molar-refractivity contribution in [3.05, 3.63) is 84.2 Å². The molecular weight excluding hydrogens is 301 g/mol. The predicted molar refractivity (Wildman–Crippen MR) is 94.9 cm³/mol. The zero-order chi connectivity index (χ0) is 16.7. The average Bonchev–Trinajstić information content (AvgIpc) is 2.96. The summed E-state index contributed by atoms with van der Waals surface area (Å²) in [5.74, 6) is -0.363. The lowest BCUT2D eigenvalue weighted by Gasteiger charge is -2.16. The van der Waals surface area contributed by atoms with Crippen molar-refractivity contribution in [3.8, 4) is 0 Å². The van der Waals surface area contributed by atoms with Gasteiger partial charge < -0.3 is 4.57 Å². The Hall–Kier alpha value is -2.94. The third kappa shape index (κ3) is 2.21. The van der Waals surface area contributed by atoms with Crippen LogP contribution < -0.4 is 0 Å². The van der Waals surface area contributed by atoms with Gasteiger partial charge in [-0.2, -0.15) is 0 Å². The van der Waals surface area contributed by atoms with Crippen molar-refractivity contribution in [1.29, 1.82) is 0 Å². The Morgan fingerprint density at radius 2 is 1.33 bits per heavy atom. The molecule has 0 saturated carbocycles. The van der Waals surface area contributed by atoms with Crippen LogP contribution in [0.15, 0.2) is 72.8 Å². The van der Waals surface area contributed by atoms with Gasteiger partial charge in [-0.05, 0) is 43.3 Å². The van der Waals surface area contributed by atoms with Crippen LogP contribution in [-0.4, -0.2) is 10.4 Å². The number of hydrogen-bond donors (Lipinski definition) is 0. The highest BCUT2D eigenvalue weighted by molar-refractivity contribution is 6.10. The van der Waals surface area contributed by atoms with Crippen molar-refractivity contribution in [2.45, 2.75) is 13.0 Å². The Kier molecular flexibility index (Phi) is 3.42. The van der Waals surface area contributed by atoms with Gasteiger partial charge in [-0.1, -0.05) is 36.4 Å². The Morgan fingerprint density at radius 1 is 0.833 bits per heavy atom. The second-order valence-corrected chi connectivity index (χ2v) is 5.95. The monoisotopic (exact) mass is 317 g/mol. The minimum atomic E-state index is -0.375. The first-order valence-corrected chi connectivity index (χ1v) is 7.94. The van der Waals surface area contributed by atoms with Crippen molar-refractivity contribution in [3.63, 3.8) is 0 Å². The maximum atomic E-state index is 13.1. The van der Waals surface area contributed by atoms with Gasteiger partial charge in [-0.25, -0.2) is 4.39 Å². The number of fused-ring (bicyclic) bond motifs is 3. The standard InChI is InChI=1S/C21H16FNO/c1-14(21(24)15-10-12-16(22)13-11-15)23-19-8-4-2-6-17(19)18-7-3-5-9-20(18)23/h2-14H,1H3. The summed E-state index contributed by atoms with van der Waals surface area (Å²) in [5.41, 5.74) is 2.58. The summed E-state index contributed by atoms with van der Waals surface area (Å²) in [7, 11) is 0. The fraction of sp³-hybridized carbons (Fsp3) is 0.0952. The molecule has 0 aliphatic rings. The van der Waals surface area contributed by atoms with E-state index in [0.717, 1.165) is 21.8 Å². The second kappa shape index (κ2) is 5.60. The number of nitrogens with zero attached hydrogens (tertiary/aromatic N) is 1. The van der Waals surface area contributed by atoms with Gasteiger partial charge >= 0.3 is 0 Å². The Bertz CT molecular complexity index is 993. The minimum Gasteiger partial charge on any atom is -0.330 e. The summed E-state index contributed by atoms with van der Waals surface area (Å²) < 4.78 is 15.2. The maximum absolute atomic E-state index is 13.1. The first-order valence-electron chi connectivity index (χ1n) is 7.94. The van der Waals surface area contributed by atoms with E-state index in [4.69, 9.17) is 0 Å². The second-order valence-electron chi connectivity index (χ2n) is 5.95. The number of carbonyl (C=O) groups is 1. The molecule has 0 spiro atoms. The largest absolute Gasteiger partial charge is 0.330 e. The Morgan fingerprint density at radius 3 is 1.88 bits per heavy atom. The molecule has 4 rings (SSSR count). The normalized spacial score (nSPS) is 12.6. The van der Waals surface area contributed by atoms with Gasteiger partial charge in [0.2, 0.25) is 0 Å². The number of hydrogen-bond acceptors (Lipinski definition) is 1. The van der Waals surface area contributed by atoms with E-state index in [-0.39, 0.29) is 17.6 Å². The zero-order valence-corrected chi connectivity index (χ0v) is 13.2. The van der Waals surface area contributed by atoms with E-state index >= 15 is 0 Å². The molecular formula is C21H16FNO. The zero-order valence-electron chi connectivity index (χ0n) is 13.2. The van der Waals surface area contributed by atoms with E-state index in [1.807, 2.05) is 43.3 Å². The highest BCUT2D eigenvalue weighted by Gasteiger charge is 2.21. The minimum absolute atomic E-state index is 0.0264. The molecule has 0 fully saturated rings. The maximum Gasteiger partial charge on any atom is 0.185 e. The molecule has 3 heteroatoms. The molecule has 1 unspecified atom stereocenters. The van der Waals surface area contributed by atoms with E-state index in [1.165, 1.54) is 12.1 Å². The van der Waals surface area contributed by atoms with E-state index in [1.54, 1.807) is 12.1 Å². The van der Waals surface area contributed by atoms with Crippen LogP contribution in [0.1, 0.15) is 23.3 Å². The number of benzene rings is 3. The summed E-state index contributed by atoms with van der Waals surface area (Å²) in [6, 6.07) is 21.5. The predicted octanol–water partition coefficient (Wildman–Crippen LogP) is 5.38. The summed E-state index contributed by atoms with van der Waals surface area (Å²) in [4.78, 5) is 12.9. The lowest BCUT2D eigenvalue weighted by molar-refractivity contribution is 0.0939. The summed E-state index contributed by atoms with van der Waals surface area (Å²) in [6.07, 6.45) is 0. The van der Waals surface area contributed by atoms with Gasteiger partial charge in [-0.15, -0.1) is 0 Å². The summed E-state index contributed by atoms with van der Waals surface area (Å²) in [6.45, 7) is 1.89. The number of carbonyl (C=O) groups excluding carboxylic acids is 1. The van der Waals surface area contributed by atoms with Crippen LogP contribution in [0, 0.1) is 5.82 Å². The topological polar surface area (TPSA) is 22.0 Å². The highest BCUT2D eigenvalue weighted by Crippen LogP contribution is 2.32. The molecule has 2 nitrogen and oxygen atoms in total. The van der Waals surface area contributed by atoms with E-state index in [2.05, 4.69) is 16.7 Å². The lowest BCUT2D eigenvalue weighted by atomic mass is 10.0. The molecule has 0 bridgehead atoms. The third-order valence-corrected chi connectivity index (χ3v) is 4.51. The molecule has 0 saturated heterocycles. The van der Waals surface area contributed by atoms with E-state index in [9.17, 15) is 9.18 Å². The Balaban J connectivity index is 1.91. The molecule has 4 aromatic rings. The fourth-order valence-corrected chi connectivity index (χ4v) is 3.34. The summed E-state index contributed by atoms with van der Waals surface area (Å²) >= 11 is 0. The number of rotatable bonds is 3. The number of halogens is 1. The van der Waals surface area contributed by atoms with Gasteiger partial charge in [0.25, 0.3) is 0 Å². The van der Waals surface area contributed by atoms with Crippen LogP contribution in [0.25, 0.3) is 21.8 Å². The van der Waals surface area contributed by atoms with Crippen molar-refractivity contribution >= 4 is 27.6 Å². The van der Waals surface area contributed by atoms with Crippen LogP contribution >= 0.6 is 0 Å². The van der Waals surface area contributed by atoms with Crippen LogP contribution in [0.2, 0.25) is 0 Å². The van der Waals surface area contributed by atoms with Crippen molar-refractivity contribution in [2.24, 2.45) is 0 Å². The quantitative estimate of drug-likeness (QED) is 0.465. The van der Waals surface area contributed by atoms with Crippen LogP contribution in [0.3, 0.4) is 0 Å². The number of Topliss-reactive ketones (excluding diaryl/α,β-unsaturated/α-hetero) is 1. The molecule has 24 heavy (non-hydrogen) atoms. The summed E-state index contributed by atoms with van der Waals surface area (Å²) in [5, 5.41) is 2.26. The van der Waals surface area contributed by atoms with Crippen LogP contribution in [-0.2, 0) is 0 Å². The third-order valence-electron chi connectivity index (χ3n) is 4.51. The molecule has 3 aromatic carbocycles. The fourth-order valence-electron chi connectivity index (χ4n) is 3.34. The molecule has 0 amide bonds. The molecule has 1 heterocycles. The smallest absolute Gasteiger partial charge is 0.185 e. The molecule has 0 aliphatic heterocycles. The van der Waals surface area contributed by atoms with E-state index < -0.39 is 0 Å². The molecule has 1 aromatic heterocycles. The van der Waals surface area contributed by atoms with Crippen molar-refractivity contribution < 1.29 is 9.18 Å². The van der Waals surface area contributed by atoms with Crippen molar-refractivity contribution in [2.75, 3.05) is 0 Å². The Labute approximate surface area is 139 Å². The van der Waals surface area contributed by atoms with Gasteiger partial charge in [0.05, 0.1) is 6.04 Å². The molecule has 0 aliphatic carbocycles. The highest BCUT2D eigenvalue weighted by atomic mass is 19.1. The van der Waals surface area contributed by atoms with Gasteiger partial charge in [-0.3, -0.25) is 4.79 Å². The first-order chi connectivity index (χ1) is 11.7. The van der Waals surface area contributed by atoms with Crippen LogP contribution in [0.4, 0.5) is 4.39 Å². The first kappa shape index (κ1) is 14.6. The number of aromatic nitrogens is 1. The molecule has 1 atom stereocenters. The number of ketones is 1. The average molecular weight is 317 g/mol. The molecule has 0 radical (unpaired) electrons. The van der Waals surface area contributed by atoms with Gasteiger partial charge in [0.1, 0.15) is 5.82 Å². The van der Waals surface area contributed by atoms with E-state index in [0.29, 0.717) is 5.56 Å². The van der Waals surface area contributed by atoms with Crippen molar-refractivity contribution in [1.82, 2.24) is 4.57 Å². The van der Waals surface area contributed by atoms with Gasteiger partial charge in [0.15, 0.2) is 5.78 Å². The van der Waals surface area contributed by atoms with Crippen LogP contribution in [0.5, 0.6) is 0 Å². The molecule has 0 N–H and O–H groups in total. The number of para-hydroxylation sites is 2. The lowest BCUT2D eigenvalue weighted by Crippen LogP contribution is -2.16. The molecule has 118 valence electrons. The van der Waals surface area contributed by atoms with Gasteiger partial charge in [0, 0.05) is 27.4 Å². The SMILES string of the molecule is CC(C(=O)c1ccc(F)cc1)n1c2ccccc2c2ccccc21.